The van der Waals surface area contributed by atoms with Crippen LogP contribution in [-0.4, -0.2) is 38.2 Å². The molecule has 2 aliphatic rings. The number of aromatic nitrogens is 3. The Labute approximate surface area is 234 Å². The number of anilines is 3. The van der Waals surface area contributed by atoms with E-state index < -0.39 is 0 Å². The summed E-state index contributed by atoms with van der Waals surface area (Å²) in [5.74, 6) is 2.44. The molecule has 0 spiro atoms. The fraction of sp³-hybridized carbons (Fsp3) is 0.452. The zero-order valence-electron chi connectivity index (χ0n) is 22.5. The third-order valence-electron chi connectivity index (χ3n) is 8.31. The lowest BCUT2D eigenvalue weighted by Crippen LogP contribution is -2.31. The van der Waals surface area contributed by atoms with E-state index in [1.165, 1.54) is 12.0 Å². The highest BCUT2D eigenvalue weighted by Crippen LogP contribution is 2.38. The summed E-state index contributed by atoms with van der Waals surface area (Å²) in [6.45, 7) is 2.33. The van der Waals surface area contributed by atoms with Gasteiger partial charge in [-0.1, -0.05) is 54.7 Å². The van der Waals surface area contributed by atoms with Crippen molar-refractivity contribution in [3.05, 3.63) is 71.5 Å². The quantitative estimate of drug-likeness (QED) is 0.215. The first-order chi connectivity index (χ1) is 19.0. The van der Waals surface area contributed by atoms with Gasteiger partial charge in [0, 0.05) is 41.6 Å². The number of rotatable bonds is 7. The monoisotopic (exact) mass is 542 g/mol. The molecule has 3 heterocycles. The molecule has 3 unspecified atom stereocenters. The average molecular weight is 543 g/mol. The molecule has 3 aromatic heterocycles. The standard InChI is InChI=1S/C31H38N6OS/c1-19-7-9-22(32)17-26(19)27-14-8-21-16-29(39-30(21)35-27)36-28-18-24(15-20-5-3-2-4-6-20)34-31(37-28)33-23-10-12-25(38)13-11-23/h2-6,8,14,16,18-19,22-23,25-26,38H,7,9-13,15,17,32H2,1H3,(H2,33,34,36,37). The number of pyridine rings is 1. The minimum absolute atomic E-state index is 0.189. The summed E-state index contributed by atoms with van der Waals surface area (Å²) in [5.41, 5.74) is 9.64. The Bertz CT molecular complexity index is 1400. The van der Waals surface area contributed by atoms with Gasteiger partial charge in [-0.25, -0.2) is 9.97 Å². The van der Waals surface area contributed by atoms with Crippen LogP contribution in [0.1, 0.15) is 74.7 Å². The number of nitrogens with one attached hydrogen (secondary N) is 2. The Morgan fingerprint density at radius 3 is 2.59 bits per heavy atom. The normalized spacial score (nSPS) is 25.5. The Kier molecular flexibility index (Phi) is 7.77. The molecular weight excluding hydrogens is 504 g/mol. The fourth-order valence-electron chi connectivity index (χ4n) is 6.02. The number of aliphatic hydroxyl groups is 1. The van der Waals surface area contributed by atoms with Crippen molar-refractivity contribution in [3.8, 4) is 0 Å². The van der Waals surface area contributed by atoms with E-state index in [4.69, 9.17) is 20.7 Å². The largest absolute Gasteiger partial charge is 0.393 e. The molecule has 2 fully saturated rings. The van der Waals surface area contributed by atoms with Crippen molar-refractivity contribution in [2.24, 2.45) is 11.7 Å². The van der Waals surface area contributed by atoms with Gasteiger partial charge in [0.15, 0.2) is 0 Å². The van der Waals surface area contributed by atoms with Crippen molar-refractivity contribution >= 4 is 38.3 Å². The van der Waals surface area contributed by atoms with E-state index in [2.05, 4.69) is 60.0 Å². The topological polar surface area (TPSA) is 109 Å². The number of nitrogens with zero attached hydrogens (tertiary/aromatic N) is 3. The van der Waals surface area contributed by atoms with Crippen LogP contribution in [0, 0.1) is 5.92 Å². The molecular formula is C31H38N6OS. The van der Waals surface area contributed by atoms with E-state index in [0.717, 1.165) is 77.4 Å². The van der Waals surface area contributed by atoms with E-state index in [1.54, 1.807) is 11.3 Å². The van der Waals surface area contributed by atoms with E-state index >= 15 is 0 Å². The van der Waals surface area contributed by atoms with E-state index in [-0.39, 0.29) is 18.2 Å². The minimum Gasteiger partial charge on any atom is -0.393 e. The molecule has 0 amide bonds. The van der Waals surface area contributed by atoms with Gasteiger partial charge < -0.3 is 21.5 Å². The van der Waals surface area contributed by atoms with Crippen LogP contribution in [0.25, 0.3) is 10.2 Å². The van der Waals surface area contributed by atoms with Crippen LogP contribution in [0.2, 0.25) is 0 Å². The molecule has 2 saturated carbocycles. The number of hydrogen-bond donors (Lipinski definition) is 4. The number of benzene rings is 1. The maximum absolute atomic E-state index is 9.91. The lowest BCUT2D eigenvalue weighted by atomic mass is 9.76. The van der Waals surface area contributed by atoms with Gasteiger partial charge in [0.05, 0.1) is 16.8 Å². The van der Waals surface area contributed by atoms with E-state index in [9.17, 15) is 5.11 Å². The number of thiophene rings is 1. The second-order valence-electron chi connectivity index (χ2n) is 11.4. The van der Waals surface area contributed by atoms with Crippen LogP contribution in [0.3, 0.4) is 0 Å². The van der Waals surface area contributed by atoms with Gasteiger partial charge in [-0.05, 0) is 68.6 Å². The van der Waals surface area contributed by atoms with Gasteiger partial charge in [0.25, 0.3) is 0 Å². The predicted molar refractivity (Wildman–Crippen MR) is 160 cm³/mol. The third kappa shape index (κ3) is 6.40. The first-order valence-corrected chi connectivity index (χ1v) is 15.1. The highest BCUT2D eigenvalue weighted by Gasteiger charge is 2.28. The van der Waals surface area contributed by atoms with Gasteiger partial charge in [-0.2, -0.15) is 4.98 Å². The molecule has 0 saturated heterocycles. The molecule has 2 aliphatic carbocycles. The molecule has 4 aromatic rings. The Hall–Kier alpha value is -3.07. The molecule has 1 aromatic carbocycles. The predicted octanol–water partition coefficient (Wildman–Crippen LogP) is 6.37. The first kappa shape index (κ1) is 26.2. The number of fused-ring (bicyclic) bond motifs is 1. The summed E-state index contributed by atoms with van der Waals surface area (Å²) >= 11 is 1.66. The van der Waals surface area contributed by atoms with Crippen LogP contribution in [0.15, 0.2) is 54.6 Å². The highest BCUT2D eigenvalue weighted by atomic mass is 32.1. The average Bonchev–Trinajstić information content (AvgIpc) is 3.33. The highest BCUT2D eigenvalue weighted by molar-refractivity contribution is 7.22. The molecule has 0 aliphatic heterocycles. The van der Waals surface area contributed by atoms with Crippen molar-refractivity contribution in [1.82, 2.24) is 15.0 Å². The molecule has 5 N–H and O–H groups in total. The Morgan fingerprint density at radius 2 is 1.77 bits per heavy atom. The number of nitrogens with two attached hydrogens (primary N) is 1. The molecule has 0 bridgehead atoms. The van der Waals surface area contributed by atoms with Crippen LogP contribution in [0.5, 0.6) is 0 Å². The van der Waals surface area contributed by atoms with Gasteiger partial charge >= 0.3 is 0 Å². The summed E-state index contributed by atoms with van der Waals surface area (Å²) in [6, 6.07) is 19.5. The second kappa shape index (κ2) is 11.6. The number of hydrogen-bond acceptors (Lipinski definition) is 8. The zero-order chi connectivity index (χ0) is 26.8. The third-order valence-corrected chi connectivity index (χ3v) is 9.27. The summed E-state index contributed by atoms with van der Waals surface area (Å²) in [6.07, 6.45) is 7.30. The summed E-state index contributed by atoms with van der Waals surface area (Å²) in [5, 5.41) is 19.1. The molecule has 0 radical (unpaired) electrons. The molecule has 39 heavy (non-hydrogen) atoms. The molecule has 6 rings (SSSR count). The lowest BCUT2D eigenvalue weighted by Gasteiger charge is -2.32. The number of aliphatic hydroxyl groups excluding tert-OH is 1. The van der Waals surface area contributed by atoms with Crippen molar-refractivity contribution in [2.75, 3.05) is 10.6 Å². The SMILES string of the molecule is CC1CCC(N)CC1c1ccc2cc(Nc3cc(Cc4ccccc4)nc(NC4CCC(O)CC4)n3)sc2n1. The van der Waals surface area contributed by atoms with Crippen molar-refractivity contribution < 1.29 is 5.11 Å². The van der Waals surface area contributed by atoms with E-state index in [1.807, 2.05) is 12.1 Å². The molecule has 7 nitrogen and oxygen atoms in total. The molecule has 204 valence electrons. The Balaban J connectivity index is 1.25. The fourth-order valence-corrected chi connectivity index (χ4v) is 6.96. The lowest BCUT2D eigenvalue weighted by molar-refractivity contribution is 0.126. The van der Waals surface area contributed by atoms with Crippen molar-refractivity contribution in [2.45, 2.75) is 82.4 Å². The molecule has 3 atom stereocenters. The first-order valence-electron chi connectivity index (χ1n) is 14.3. The summed E-state index contributed by atoms with van der Waals surface area (Å²) in [7, 11) is 0. The maximum atomic E-state index is 9.91. The summed E-state index contributed by atoms with van der Waals surface area (Å²) < 4.78 is 0. The van der Waals surface area contributed by atoms with Crippen molar-refractivity contribution in [3.63, 3.8) is 0 Å². The summed E-state index contributed by atoms with van der Waals surface area (Å²) in [4.78, 5) is 15.8. The Morgan fingerprint density at radius 1 is 0.949 bits per heavy atom. The maximum Gasteiger partial charge on any atom is 0.225 e. The smallest absolute Gasteiger partial charge is 0.225 e. The van der Waals surface area contributed by atoms with Gasteiger partial charge in [-0.15, -0.1) is 0 Å². The van der Waals surface area contributed by atoms with Gasteiger partial charge in [-0.3, -0.25) is 0 Å². The van der Waals surface area contributed by atoms with E-state index in [0.29, 0.717) is 17.8 Å². The van der Waals surface area contributed by atoms with Crippen LogP contribution in [0.4, 0.5) is 16.8 Å². The van der Waals surface area contributed by atoms with Crippen LogP contribution >= 0.6 is 11.3 Å². The van der Waals surface area contributed by atoms with Crippen molar-refractivity contribution in [1.29, 1.82) is 0 Å². The van der Waals surface area contributed by atoms with Crippen LogP contribution in [-0.2, 0) is 6.42 Å². The second-order valence-corrected chi connectivity index (χ2v) is 12.4. The van der Waals surface area contributed by atoms with Gasteiger partial charge in [0.1, 0.15) is 10.6 Å². The molecule has 8 heteroatoms. The minimum atomic E-state index is -0.189. The zero-order valence-corrected chi connectivity index (χ0v) is 23.3. The van der Waals surface area contributed by atoms with Gasteiger partial charge in [0.2, 0.25) is 5.95 Å². The van der Waals surface area contributed by atoms with Crippen LogP contribution < -0.4 is 16.4 Å².